The van der Waals surface area contributed by atoms with Gasteiger partial charge in [0.25, 0.3) is 0 Å². The SMILES string of the molecule is O=C(O)CCCCCCCCC(=O)O.OO. The first-order valence-electron chi connectivity index (χ1n) is 5.26. The Morgan fingerprint density at radius 3 is 1.12 bits per heavy atom. The maximum atomic E-state index is 10.1. The van der Waals surface area contributed by atoms with Crippen molar-refractivity contribution >= 4 is 11.9 Å². The van der Waals surface area contributed by atoms with Crippen LogP contribution in [-0.4, -0.2) is 32.7 Å². The van der Waals surface area contributed by atoms with Gasteiger partial charge in [-0.1, -0.05) is 25.7 Å². The molecule has 0 rings (SSSR count). The maximum Gasteiger partial charge on any atom is 0.303 e. The molecule has 0 saturated carbocycles. The summed E-state index contributed by atoms with van der Waals surface area (Å²) in [5.41, 5.74) is 0. The first-order chi connectivity index (χ1) is 7.63. The molecule has 0 radical (unpaired) electrons. The first-order valence-corrected chi connectivity index (χ1v) is 5.26. The summed E-state index contributed by atoms with van der Waals surface area (Å²) in [7, 11) is 0. The van der Waals surface area contributed by atoms with Crippen molar-refractivity contribution in [2.75, 3.05) is 0 Å². The van der Waals surface area contributed by atoms with Crippen molar-refractivity contribution in [1.82, 2.24) is 0 Å². The lowest BCUT2D eigenvalue weighted by atomic mass is 10.1. The minimum absolute atomic E-state index is 0.245. The summed E-state index contributed by atoms with van der Waals surface area (Å²) < 4.78 is 0. The maximum absolute atomic E-state index is 10.1. The van der Waals surface area contributed by atoms with E-state index in [0.717, 1.165) is 38.5 Å². The average Bonchev–Trinajstić information content (AvgIpc) is 2.24. The zero-order chi connectivity index (χ0) is 12.8. The van der Waals surface area contributed by atoms with Crippen molar-refractivity contribution in [3.8, 4) is 0 Å². The lowest BCUT2D eigenvalue weighted by Gasteiger charge is -1.98. The fourth-order valence-electron chi connectivity index (χ4n) is 1.26. The van der Waals surface area contributed by atoms with E-state index in [-0.39, 0.29) is 12.8 Å². The number of carboxylic acids is 2. The highest BCUT2D eigenvalue weighted by molar-refractivity contribution is 5.66. The van der Waals surface area contributed by atoms with Gasteiger partial charge in [-0.15, -0.1) is 0 Å². The molecule has 0 aromatic carbocycles. The molecular formula is C10H20O6. The van der Waals surface area contributed by atoms with Gasteiger partial charge in [0, 0.05) is 12.8 Å². The predicted octanol–water partition coefficient (Wildman–Crippen LogP) is 2.29. The summed E-state index contributed by atoms with van der Waals surface area (Å²) in [6.45, 7) is 0. The third-order valence-electron chi connectivity index (χ3n) is 2.03. The van der Waals surface area contributed by atoms with E-state index >= 15 is 0 Å². The van der Waals surface area contributed by atoms with Gasteiger partial charge in [-0.2, -0.15) is 0 Å². The Bertz CT molecular complexity index is 160. The highest BCUT2D eigenvalue weighted by Crippen LogP contribution is 2.08. The summed E-state index contributed by atoms with van der Waals surface area (Å²) in [5.74, 6) is -1.48. The second-order valence-corrected chi connectivity index (χ2v) is 3.41. The number of carboxylic acid groups (broad SMARTS) is 2. The fourth-order valence-corrected chi connectivity index (χ4v) is 1.26. The first kappa shape index (κ1) is 17.3. The quantitative estimate of drug-likeness (QED) is 0.277. The predicted molar refractivity (Wildman–Crippen MR) is 57.5 cm³/mol. The van der Waals surface area contributed by atoms with Gasteiger partial charge in [0.05, 0.1) is 0 Å². The highest BCUT2D eigenvalue weighted by atomic mass is 17.0. The van der Waals surface area contributed by atoms with Crippen LogP contribution in [0.25, 0.3) is 0 Å². The molecule has 0 unspecified atom stereocenters. The number of rotatable bonds is 9. The van der Waals surface area contributed by atoms with Crippen LogP contribution in [0.15, 0.2) is 0 Å². The topological polar surface area (TPSA) is 115 Å². The summed E-state index contributed by atoms with van der Waals surface area (Å²) in [6.07, 6.45) is 5.82. The van der Waals surface area contributed by atoms with Gasteiger partial charge in [0.1, 0.15) is 0 Å². The normalized spacial score (nSPS) is 9.12. The molecule has 6 heteroatoms. The molecule has 0 fully saturated rings. The number of hydrogen-bond acceptors (Lipinski definition) is 4. The molecule has 0 amide bonds. The molecule has 0 aliphatic heterocycles. The summed E-state index contributed by atoms with van der Waals surface area (Å²) in [4.78, 5) is 20.3. The number of hydrogen-bond donors (Lipinski definition) is 4. The van der Waals surface area contributed by atoms with E-state index in [1.807, 2.05) is 0 Å². The number of unbranched alkanes of at least 4 members (excludes halogenated alkanes) is 5. The largest absolute Gasteiger partial charge is 0.481 e. The average molecular weight is 236 g/mol. The van der Waals surface area contributed by atoms with Crippen LogP contribution in [0.1, 0.15) is 51.4 Å². The van der Waals surface area contributed by atoms with E-state index < -0.39 is 11.9 Å². The van der Waals surface area contributed by atoms with Crippen molar-refractivity contribution in [2.45, 2.75) is 51.4 Å². The van der Waals surface area contributed by atoms with Gasteiger partial charge in [-0.3, -0.25) is 20.1 Å². The molecule has 0 aromatic rings. The Morgan fingerprint density at radius 1 is 0.625 bits per heavy atom. The Morgan fingerprint density at radius 2 is 0.875 bits per heavy atom. The molecule has 0 bridgehead atoms. The van der Waals surface area contributed by atoms with Crippen molar-refractivity contribution in [1.29, 1.82) is 0 Å². The van der Waals surface area contributed by atoms with Crippen LogP contribution >= 0.6 is 0 Å². The molecule has 0 saturated heterocycles. The third-order valence-corrected chi connectivity index (χ3v) is 2.03. The molecule has 96 valence electrons. The molecule has 0 aromatic heterocycles. The summed E-state index contributed by atoms with van der Waals surface area (Å²) in [6, 6.07) is 0. The molecule has 0 spiro atoms. The van der Waals surface area contributed by atoms with Crippen LogP contribution in [0.3, 0.4) is 0 Å². The van der Waals surface area contributed by atoms with Gasteiger partial charge in [0.2, 0.25) is 0 Å². The summed E-state index contributed by atoms with van der Waals surface area (Å²) in [5, 5.41) is 28.7. The van der Waals surface area contributed by atoms with Crippen molar-refractivity contribution < 1.29 is 30.3 Å². The van der Waals surface area contributed by atoms with Crippen molar-refractivity contribution in [2.24, 2.45) is 0 Å². The van der Waals surface area contributed by atoms with Crippen LogP contribution in [-0.2, 0) is 9.59 Å². The Labute approximate surface area is 94.5 Å². The summed E-state index contributed by atoms with van der Waals surface area (Å²) >= 11 is 0. The van der Waals surface area contributed by atoms with Crippen molar-refractivity contribution in [3.05, 3.63) is 0 Å². The van der Waals surface area contributed by atoms with Crippen LogP contribution in [0, 0.1) is 0 Å². The Hall–Kier alpha value is -1.14. The van der Waals surface area contributed by atoms with Crippen LogP contribution in [0.5, 0.6) is 0 Å². The van der Waals surface area contributed by atoms with Crippen molar-refractivity contribution in [3.63, 3.8) is 0 Å². The zero-order valence-corrected chi connectivity index (χ0v) is 9.26. The molecule has 0 aliphatic carbocycles. The zero-order valence-electron chi connectivity index (χ0n) is 9.26. The minimum Gasteiger partial charge on any atom is -0.481 e. The van der Waals surface area contributed by atoms with E-state index in [9.17, 15) is 9.59 Å². The second-order valence-electron chi connectivity index (χ2n) is 3.41. The lowest BCUT2D eigenvalue weighted by Crippen LogP contribution is -1.94. The van der Waals surface area contributed by atoms with E-state index in [1.165, 1.54) is 0 Å². The second kappa shape index (κ2) is 13.9. The third kappa shape index (κ3) is 18.6. The van der Waals surface area contributed by atoms with Gasteiger partial charge in [-0.25, -0.2) is 0 Å². The lowest BCUT2D eigenvalue weighted by molar-refractivity contribution is -0.176. The van der Waals surface area contributed by atoms with Gasteiger partial charge < -0.3 is 10.2 Å². The van der Waals surface area contributed by atoms with Crippen LogP contribution < -0.4 is 0 Å². The smallest absolute Gasteiger partial charge is 0.303 e. The fraction of sp³-hybridized carbons (Fsp3) is 0.800. The number of aliphatic carboxylic acids is 2. The van der Waals surface area contributed by atoms with Crippen LogP contribution in [0.4, 0.5) is 0 Å². The van der Waals surface area contributed by atoms with E-state index in [4.69, 9.17) is 20.7 Å². The number of carbonyl (C=O) groups is 2. The van der Waals surface area contributed by atoms with Gasteiger partial charge >= 0.3 is 11.9 Å². The molecule has 16 heavy (non-hydrogen) atoms. The molecule has 4 N–H and O–H groups in total. The monoisotopic (exact) mass is 236 g/mol. The molecule has 0 aliphatic rings. The van der Waals surface area contributed by atoms with Gasteiger partial charge in [-0.05, 0) is 12.8 Å². The van der Waals surface area contributed by atoms with Gasteiger partial charge in [0.15, 0.2) is 0 Å². The molecule has 0 atom stereocenters. The van der Waals surface area contributed by atoms with Crippen LogP contribution in [0.2, 0.25) is 0 Å². The molecular weight excluding hydrogens is 216 g/mol. The molecule has 0 heterocycles. The standard InChI is InChI=1S/C10H18O4.H2O2/c11-9(12)7-5-3-1-2-4-6-8-10(13)14;1-2/h1-8H2,(H,11,12)(H,13,14);1-2H. The van der Waals surface area contributed by atoms with E-state index in [2.05, 4.69) is 0 Å². The highest BCUT2D eigenvalue weighted by Gasteiger charge is 1.98. The Kier molecular flexibility index (Phi) is 15.0. The van der Waals surface area contributed by atoms with E-state index in [0.29, 0.717) is 0 Å². The van der Waals surface area contributed by atoms with E-state index in [1.54, 1.807) is 0 Å². The molecule has 6 nitrogen and oxygen atoms in total. The Balaban J connectivity index is 0. The minimum atomic E-state index is -0.740.